The van der Waals surface area contributed by atoms with Gasteiger partial charge in [0.2, 0.25) is 0 Å². The number of hydrogen-bond acceptors (Lipinski definition) is 3. The van der Waals surface area contributed by atoms with Gasteiger partial charge >= 0.3 is 0 Å². The van der Waals surface area contributed by atoms with Crippen LogP contribution in [0.25, 0.3) is 10.6 Å². The Balaban J connectivity index is 1.68. The summed E-state index contributed by atoms with van der Waals surface area (Å²) in [5, 5.41) is 3.37. The van der Waals surface area contributed by atoms with Crippen molar-refractivity contribution in [3.05, 3.63) is 40.9 Å². The Morgan fingerprint density at radius 2 is 1.75 bits per heavy atom. The molecule has 20 heavy (non-hydrogen) atoms. The molecule has 0 bridgehead atoms. The Labute approximate surface area is 125 Å². The fourth-order valence-corrected chi connectivity index (χ4v) is 3.55. The first kappa shape index (κ1) is 13.8. The number of rotatable bonds is 3. The van der Waals surface area contributed by atoms with Crippen LogP contribution in [0.15, 0.2) is 29.6 Å². The van der Waals surface area contributed by atoms with E-state index in [9.17, 15) is 0 Å². The van der Waals surface area contributed by atoms with Gasteiger partial charge < -0.3 is 0 Å². The fraction of sp³-hybridized carbons (Fsp3) is 0.471. The third-order valence-electron chi connectivity index (χ3n) is 3.93. The molecule has 2 nitrogen and oxygen atoms in total. The van der Waals surface area contributed by atoms with Gasteiger partial charge in [-0.1, -0.05) is 42.7 Å². The van der Waals surface area contributed by atoms with Crippen LogP contribution in [0.5, 0.6) is 0 Å². The van der Waals surface area contributed by atoms with Crippen molar-refractivity contribution in [1.82, 2.24) is 9.88 Å². The molecule has 0 aliphatic carbocycles. The van der Waals surface area contributed by atoms with E-state index in [1.165, 1.54) is 55.6 Å². The van der Waals surface area contributed by atoms with E-state index in [1.807, 2.05) is 0 Å². The summed E-state index contributed by atoms with van der Waals surface area (Å²) in [6.07, 6.45) is 5.47. The van der Waals surface area contributed by atoms with Gasteiger partial charge in [-0.05, 0) is 32.9 Å². The van der Waals surface area contributed by atoms with Gasteiger partial charge in [-0.25, -0.2) is 4.98 Å². The molecule has 1 aliphatic heterocycles. The van der Waals surface area contributed by atoms with Crippen LogP contribution >= 0.6 is 11.3 Å². The normalized spacial score (nSPS) is 17.1. The lowest BCUT2D eigenvalue weighted by molar-refractivity contribution is 0.274. The van der Waals surface area contributed by atoms with Crippen molar-refractivity contribution in [2.75, 3.05) is 13.1 Å². The van der Waals surface area contributed by atoms with Gasteiger partial charge in [0, 0.05) is 17.5 Å². The summed E-state index contributed by atoms with van der Waals surface area (Å²) < 4.78 is 0. The van der Waals surface area contributed by atoms with E-state index in [1.54, 1.807) is 11.3 Å². The molecular formula is C17H22N2S. The third-order valence-corrected chi connectivity index (χ3v) is 4.87. The summed E-state index contributed by atoms with van der Waals surface area (Å²) in [5.41, 5.74) is 3.77. The monoisotopic (exact) mass is 286 g/mol. The van der Waals surface area contributed by atoms with E-state index in [4.69, 9.17) is 4.98 Å². The van der Waals surface area contributed by atoms with Gasteiger partial charge in [0.05, 0.1) is 5.69 Å². The summed E-state index contributed by atoms with van der Waals surface area (Å²) in [7, 11) is 0. The summed E-state index contributed by atoms with van der Waals surface area (Å²) in [5.74, 6) is 0. The van der Waals surface area contributed by atoms with Crippen molar-refractivity contribution in [2.24, 2.45) is 0 Å². The van der Waals surface area contributed by atoms with E-state index < -0.39 is 0 Å². The summed E-state index contributed by atoms with van der Waals surface area (Å²) in [6.45, 7) is 5.60. The predicted molar refractivity (Wildman–Crippen MR) is 86.0 cm³/mol. The van der Waals surface area contributed by atoms with Gasteiger partial charge in [0.1, 0.15) is 5.01 Å². The molecule has 2 heterocycles. The molecule has 3 rings (SSSR count). The van der Waals surface area contributed by atoms with Crippen molar-refractivity contribution in [2.45, 2.75) is 39.2 Å². The molecule has 1 fully saturated rings. The minimum absolute atomic E-state index is 1.02. The van der Waals surface area contributed by atoms with Gasteiger partial charge in [-0.3, -0.25) is 4.90 Å². The first-order valence-corrected chi connectivity index (χ1v) is 8.43. The van der Waals surface area contributed by atoms with Crippen LogP contribution in [0.3, 0.4) is 0 Å². The van der Waals surface area contributed by atoms with Gasteiger partial charge in [0.25, 0.3) is 0 Å². The minimum Gasteiger partial charge on any atom is -0.297 e. The van der Waals surface area contributed by atoms with Crippen molar-refractivity contribution < 1.29 is 0 Å². The lowest BCUT2D eigenvalue weighted by Crippen LogP contribution is -2.24. The molecular weight excluding hydrogens is 264 g/mol. The molecule has 3 heteroatoms. The second-order valence-corrected chi connectivity index (χ2v) is 6.56. The number of likely N-dealkylation sites (tertiary alicyclic amines) is 1. The summed E-state index contributed by atoms with van der Waals surface area (Å²) in [4.78, 5) is 7.37. The van der Waals surface area contributed by atoms with E-state index in [0.717, 1.165) is 11.6 Å². The minimum atomic E-state index is 1.02. The average Bonchev–Trinajstić information content (AvgIpc) is 2.76. The van der Waals surface area contributed by atoms with Crippen LogP contribution in [-0.2, 0) is 6.54 Å². The molecule has 106 valence electrons. The molecule has 0 unspecified atom stereocenters. The molecule has 0 spiro atoms. The highest BCUT2D eigenvalue weighted by Crippen LogP contribution is 2.25. The molecule has 0 N–H and O–H groups in total. The Morgan fingerprint density at radius 3 is 2.45 bits per heavy atom. The van der Waals surface area contributed by atoms with Crippen LogP contribution < -0.4 is 0 Å². The standard InChI is InChI=1S/C17H22N2S/c1-14-6-8-15(9-7-14)17-18-16(13-20-17)12-19-10-4-2-3-5-11-19/h6-9,13H,2-5,10-12H2,1H3. The third kappa shape index (κ3) is 3.47. The number of hydrogen-bond donors (Lipinski definition) is 0. The molecule has 1 aromatic heterocycles. The largest absolute Gasteiger partial charge is 0.297 e. The SMILES string of the molecule is Cc1ccc(-c2nc(CN3CCCCCC3)cs2)cc1. The highest BCUT2D eigenvalue weighted by molar-refractivity contribution is 7.13. The molecule has 1 aromatic carbocycles. The Hall–Kier alpha value is -1.19. The number of thiazole rings is 1. The van der Waals surface area contributed by atoms with Crippen LogP contribution in [-0.4, -0.2) is 23.0 Å². The van der Waals surface area contributed by atoms with Crippen LogP contribution in [0, 0.1) is 6.92 Å². The van der Waals surface area contributed by atoms with E-state index in [0.29, 0.717) is 0 Å². The molecule has 0 radical (unpaired) electrons. The van der Waals surface area contributed by atoms with Gasteiger partial charge in [0.15, 0.2) is 0 Å². The molecule has 0 saturated carbocycles. The Kier molecular flexibility index (Phi) is 4.48. The fourth-order valence-electron chi connectivity index (χ4n) is 2.73. The number of aromatic nitrogens is 1. The van der Waals surface area contributed by atoms with E-state index in [2.05, 4.69) is 41.5 Å². The van der Waals surface area contributed by atoms with Crippen molar-refractivity contribution in [3.63, 3.8) is 0 Å². The van der Waals surface area contributed by atoms with E-state index in [-0.39, 0.29) is 0 Å². The highest BCUT2D eigenvalue weighted by Gasteiger charge is 2.12. The molecule has 0 amide bonds. The Morgan fingerprint density at radius 1 is 1.05 bits per heavy atom. The van der Waals surface area contributed by atoms with Gasteiger partial charge in [-0.2, -0.15) is 0 Å². The summed E-state index contributed by atoms with van der Waals surface area (Å²) in [6, 6.07) is 8.66. The Bertz CT molecular complexity index is 536. The number of benzene rings is 1. The number of aryl methyl sites for hydroxylation is 1. The molecule has 1 aliphatic rings. The lowest BCUT2D eigenvalue weighted by atomic mass is 10.2. The van der Waals surface area contributed by atoms with Crippen molar-refractivity contribution >= 4 is 11.3 Å². The molecule has 0 atom stereocenters. The zero-order chi connectivity index (χ0) is 13.8. The zero-order valence-electron chi connectivity index (χ0n) is 12.1. The smallest absolute Gasteiger partial charge is 0.123 e. The lowest BCUT2D eigenvalue weighted by Gasteiger charge is -2.17. The maximum Gasteiger partial charge on any atom is 0.123 e. The molecule has 2 aromatic rings. The quantitative estimate of drug-likeness (QED) is 0.826. The highest BCUT2D eigenvalue weighted by atomic mass is 32.1. The van der Waals surface area contributed by atoms with Crippen LogP contribution in [0.4, 0.5) is 0 Å². The second kappa shape index (κ2) is 6.51. The maximum atomic E-state index is 4.81. The first-order chi connectivity index (χ1) is 9.81. The second-order valence-electron chi connectivity index (χ2n) is 5.70. The van der Waals surface area contributed by atoms with E-state index >= 15 is 0 Å². The topological polar surface area (TPSA) is 16.1 Å². The van der Waals surface area contributed by atoms with Gasteiger partial charge in [-0.15, -0.1) is 11.3 Å². The average molecular weight is 286 g/mol. The predicted octanol–water partition coefficient (Wildman–Crippen LogP) is 4.49. The van der Waals surface area contributed by atoms with Crippen LogP contribution in [0.1, 0.15) is 36.9 Å². The zero-order valence-corrected chi connectivity index (χ0v) is 13.0. The van der Waals surface area contributed by atoms with Crippen molar-refractivity contribution in [3.8, 4) is 10.6 Å². The number of nitrogens with zero attached hydrogens (tertiary/aromatic N) is 2. The maximum absolute atomic E-state index is 4.81. The first-order valence-electron chi connectivity index (χ1n) is 7.55. The molecule has 1 saturated heterocycles. The van der Waals surface area contributed by atoms with Crippen LogP contribution in [0.2, 0.25) is 0 Å². The van der Waals surface area contributed by atoms with Crippen molar-refractivity contribution in [1.29, 1.82) is 0 Å². The summed E-state index contributed by atoms with van der Waals surface area (Å²) >= 11 is 1.76.